The van der Waals surface area contributed by atoms with Crippen molar-refractivity contribution < 1.29 is 28.7 Å². The molecule has 50 heavy (non-hydrogen) atoms. The van der Waals surface area contributed by atoms with E-state index in [2.05, 4.69) is 62.1 Å². The lowest BCUT2D eigenvalue weighted by atomic mass is 9.59. The molecular weight excluding hydrogens is 636 g/mol. The van der Waals surface area contributed by atoms with Gasteiger partial charge in [-0.25, -0.2) is 9.59 Å². The molecule has 4 fully saturated rings. The van der Waals surface area contributed by atoms with Crippen molar-refractivity contribution in [3.8, 4) is 0 Å². The van der Waals surface area contributed by atoms with Crippen molar-refractivity contribution in [2.75, 3.05) is 67.6 Å². The SMILES string of the molecule is CN(C)CCC[C@H]1CC[C@]2(C)[C@@H](C=NOCCN)CC[C@]2(OC(=O)C(=O)O[C@]23CC[C@H](C=NOCCN)[C@@]2(C)CC[C@H](CCCN(C)C)C3)C1. The van der Waals surface area contributed by atoms with Gasteiger partial charge in [0, 0.05) is 48.2 Å². The molecule has 12 nitrogen and oxygen atoms in total. The lowest BCUT2D eigenvalue weighted by Gasteiger charge is -2.52. The molecule has 4 rings (SSSR count). The molecule has 0 saturated heterocycles. The number of carbonyl (C=O) groups excluding carboxylic acids is 2. The first-order valence-electron chi connectivity index (χ1n) is 19.3. The summed E-state index contributed by atoms with van der Waals surface area (Å²) in [7, 11) is 8.38. The Morgan fingerprint density at radius 2 is 1.08 bits per heavy atom. The number of hydrogen-bond acceptors (Lipinski definition) is 12. The third kappa shape index (κ3) is 9.19. The topological polar surface area (TPSA) is 154 Å². The second-order valence-electron chi connectivity index (χ2n) is 16.8. The number of oxime groups is 2. The molecule has 0 unspecified atom stereocenters. The van der Waals surface area contributed by atoms with Crippen molar-refractivity contribution in [3.05, 3.63) is 0 Å². The molecule has 0 bridgehead atoms. The van der Waals surface area contributed by atoms with E-state index in [0.717, 1.165) is 90.1 Å². The van der Waals surface area contributed by atoms with Crippen molar-refractivity contribution in [2.45, 2.75) is 115 Å². The zero-order chi connectivity index (χ0) is 36.4. The molecule has 12 heteroatoms. The number of rotatable bonds is 18. The Bertz CT molecular complexity index is 1080. The van der Waals surface area contributed by atoms with Crippen molar-refractivity contribution in [1.82, 2.24) is 9.80 Å². The summed E-state index contributed by atoms with van der Waals surface area (Å²) in [6, 6.07) is 0. The number of nitrogens with two attached hydrogens (primary N) is 2. The summed E-state index contributed by atoms with van der Waals surface area (Å²) in [5, 5.41) is 8.48. The quantitative estimate of drug-likeness (QED) is 0.0681. The summed E-state index contributed by atoms with van der Waals surface area (Å²) < 4.78 is 13.1. The van der Waals surface area contributed by atoms with Crippen molar-refractivity contribution in [3.63, 3.8) is 0 Å². The molecule has 0 amide bonds. The summed E-state index contributed by atoms with van der Waals surface area (Å²) in [6.07, 6.45) is 16.4. The first-order valence-corrected chi connectivity index (χ1v) is 19.3. The van der Waals surface area contributed by atoms with Crippen molar-refractivity contribution in [1.29, 1.82) is 0 Å². The van der Waals surface area contributed by atoms with Gasteiger partial charge in [-0.1, -0.05) is 24.2 Å². The molecular formula is C38H68N6O6. The van der Waals surface area contributed by atoms with Gasteiger partial charge in [0.25, 0.3) is 0 Å². The maximum absolute atomic E-state index is 14.1. The third-order valence-electron chi connectivity index (χ3n) is 13.0. The van der Waals surface area contributed by atoms with Crippen LogP contribution < -0.4 is 11.5 Å². The van der Waals surface area contributed by atoms with Crippen molar-refractivity contribution >= 4 is 24.4 Å². The fourth-order valence-corrected chi connectivity index (χ4v) is 9.97. The molecule has 4 aliphatic rings. The van der Waals surface area contributed by atoms with E-state index in [0.29, 0.717) is 51.0 Å². The fourth-order valence-electron chi connectivity index (χ4n) is 9.97. The van der Waals surface area contributed by atoms with E-state index >= 15 is 0 Å². The number of nitrogens with zero attached hydrogens (tertiary/aromatic N) is 4. The highest BCUT2D eigenvalue weighted by Gasteiger charge is 2.64. The summed E-state index contributed by atoms with van der Waals surface area (Å²) in [5.74, 6) is -0.780. The molecule has 4 N–H and O–H groups in total. The minimum absolute atomic E-state index is 0.0614. The highest BCUT2D eigenvalue weighted by molar-refractivity contribution is 6.30. The number of fused-ring (bicyclic) bond motifs is 2. The van der Waals surface area contributed by atoms with Gasteiger partial charge in [0.15, 0.2) is 0 Å². The predicted molar refractivity (Wildman–Crippen MR) is 197 cm³/mol. The van der Waals surface area contributed by atoms with Gasteiger partial charge in [0.1, 0.15) is 24.4 Å². The first kappa shape index (κ1) is 40.5. The van der Waals surface area contributed by atoms with E-state index in [1.54, 1.807) is 0 Å². The van der Waals surface area contributed by atoms with E-state index in [-0.39, 0.29) is 22.7 Å². The molecule has 0 heterocycles. The number of carbonyl (C=O) groups is 2. The van der Waals surface area contributed by atoms with Crippen LogP contribution in [0.25, 0.3) is 0 Å². The highest BCUT2D eigenvalue weighted by atomic mass is 16.6. The molecule has 0 aromatic heterocycles. The van der Waals surface area contributed by atoms with Crippen molar-refractivity contribution in [2.24, 2.45) is 56.3 Å². The smallest absolute Gasteiger partial charge is 0.418 e. The average molecular weight is 705 g/mol. The minimum atomic E-state index is -0.864. The molecule has 0 radical (unpaired) electrons. The minimum Gasteiger partial charge on any atom is -0.450 e. The van der Waals surface area contributed by atoms with E-state index in [1.807, 2.05) is 12.4 Å². The molecule has 0 spiro atoms. The Morgan fingerprint density at radius 3 is 1.44 bits per heavy atom. The summed E-state index contributed by atoms with van der Waals surface area (Å²) in [6.45, 7) is 7.93. The number of esters is 2. The lowest BCUT2D eigenvalue weighted by Crippen LogP contribution is -2.56. The normalized spacial score (nSPS) is 35.5. The molecule has 0 aromatic rings. The van der Waals surface area contributed by atoms with Crippen LogP contribution in [0.2, 0.25) is 0 Å². The van der Waals surface area contributed by atoms with Gasteiger partial charge in [0.2, 0.25) is 0 Å². The Morgan fingerprint density at radius 1 is 0.680 bits per heavy atom. The zero-order valence-corrected chi connectivity index (χ0v) is 32.0. The summed E-state index contributed by atoms with van der Waals surface area (Å²) >= 11 is 0. The Labute approximate surface area is 301 Å². The molecule has 0 aliphatic heterocycles. The Balaban J connectivity index is 1.55. The van der Waals surface area contributed by atoms with Gasteiger partial charge in [-0.3, -0.25) is 0 Å². The van der Waals surface area contributed by atoms with E-state index in [4.69, 9.17) is 30.6 Å². The summed E-state index contributed by atoms with van der Waals surface area (Å²) in [5.41, 5.74) is 8.90. The van der Waals surface area contributed by atoms with Gasteiger partial charge in [-0.05, 0) is 143 Å². The van der Waals surface area contributed by atoms with Crippen LogP contribution in [0.1, 0.15) is 104 Å². The Hall–Kier alpha value is -2.28. The van der Waals surface area contributed by atoms with Gasteiger partial charge in [-0.15, -0.1) is 0 Å². The maximum atomic E-state index is 14.1. The fraction of sp³-hybridized carbons (Fsp3) is 0.895. The van der Waals surface area contributed by atoms with Crippen LogP contribution in [0, 0.1) is 34.5 Å². The molecule has 4 aliphatic carbocycles. The van der Waals surface area contributed by atoms with Crippen LogP contribution in [0.4, 0.5) is 0 Å². The second-order valence-corrected chi connectivity index (χ2v) is 16.8. The van der Waals surface area contributed by atoms with Crippen LogP contribution in [0.15, 0.2) is 10.3 Å². The second kappa shape index (κ2) is 18.0. The van der Waals surface area contributed by atoms with Crippen LogP contribution in [0.3, 0.4) is 0 Å². The lowest BCUT2D eigenvalue weighted by molar-refractivity contribution is -0.209. The van der Waals surface area contributed by atoms with Gasteiger partial charge >= 0.3 is 11.9 Å². The standard InChI is InChI=1S/C38H68N6O6/c1-35-15-11-29(9-7-21-43(3)4)25-37(35,17-13-31(35)27-41-47-23-19-39)49-33(45)34(46)50-38-18-14-32(28-42-48-24-20-40)36(38,2)16-12-30(26-38)10-8-22-44(5)6/h27-32H,7-26,39-40H2,1-6H3/t29-,30-,31+,32+,35+,36+,37-,38-/m0/s1. The summed E-state index contributed by atoms with van der Waals surface area (Å²) in [4.78, 5) is 43.3. The monoisotopic (exact) mass is 705 g/mol. The molecule has 0 aromatic carbocycles. The average Bonchev–Trinajstić information content (AvgIpc) is 3.50. The van der Waals surface area contributed by atoms with Gasteiger partial charge in [0.05, 0.1) is 0 Å². The third-order valence-corrected chi connectivity index (χ3v) is 13.0. The van der Waals surface area contributed by atoms with Crippen LogP contribution in [-0.4, -0.2) is 113 Å². The molecule has 286 valence electrons. The van der Waals surface area contributed by atoms with Gasteiger partial charge < -0.3 is 40.4 Å². The highest BCUT2D eigenvalue weighted by Crippen LogP contribution is 2.63. The predicted octanol–water partition coefficient (Wildman–Crippen LogP) is 4.59. The number of hydrogen-bond donors (Lipinski definition) is 2. The molecule has 8 atom stereocenters. The maximum Gasteiger partial charge on any atom is 0.418 e. The largest absolute Gasteiger partial charge is 0.450 e. The van der Waals surface area contributed by atoms with Crippen LogP contribution in [0.5, 0.6) is 0 Å². The van der Waals surface area contributed by atoms with Crippen LogP contribution >= 0.6 is 0 Å². The zero-order valence-electron chi connectivity index (χ0n) is 32.0. The number of ether oxygens (including phenoxy) is 2. The van der Waals surface area contributed by atoms with E-state index < -0.39 is 23.1 Å². The Kier molecular flexibility index (Phi) is 14.6. The van der Waals surface area contributed by atoms with Gasteiger partial charge in [-0.2, -0.15) is 0 Å². The van der Waals surface area contributed by atoms with E-state index in [1.165, 1.54) is 0 Å². The van der Waals surface area contributed by atoms with E-state index in [9.17, 15) is 9.59 Å². The van der Waals surface area contributed by atoms with Crippen LogP contribution in [-0.2, 0) is 28.7 Å². The first-order chi connectivity index (χ1) is 23.8. The molecule has 4 saturated carbocycles.